The van der Waals surface area contributed by atoms with Crippen molar-refractivity contribution in [3.05, 3.63) is 24.5 Å². The molecule has 0 amide bonds. The van der Waals surface area contributed by atoms with E-state index in [0.717, 1.165) is 29.7 Å². The third-order valence-electron chi connectivity index (χ3n) is 2.00. The summed E-state index contributed by atoms with van der Waals surface area (Å²) in [7, 11) is 0. The van der Waals surface area contributed by atoms with Crippen LogP contribution in [0.2, 0.25) is 0 Å². The Kier molecular flexibility index (Phi) is 2.17. The third-order valence-corrected chi connectivity index (χ3v) is 2.00. The Morgan fingerprint density at radius 1 is 1.46 bits per heavy atom. The molecule has 1 aromatic heterocycles. The Bertz CT molecular complexity index is 392. The molecule has 2 N–H and O–H groups in total. The van der Waals surface area contributed by atoms with Crippen molar-refractivity contribution in [3.63, 3.8) is 0 Å². The number of anilines is 1. The number of aromatic nitrogens is 2. The molecule has 0 aliphatic carbocycles. The highest BCUT2D eigenvalue weighted by atomic mass is 14.9. The van der Waals surface area contributed by atoms with Crippen molar-refractivity contribution in [2.75, 3.05) is 11.9 Å². The first-order valence-electron chi connectivity index (χ1n) is 4.57. The Balaban J connectivity index is 2.26. The van der Waals surface area contributed by atoms with Crippen LogP contribution in [-0.4, -0.2) is 16.5 Å². The van der Waals surface area contributed by atoms with Gasteiger partial charge in [0.05, 0.1) is 17.4 Å². The van der Waals surface area contributed by atoms with E-state index in [2.05, 4.69) is 34.3 Å². The lowest BCUT2D eigenvalue weighted by Crippen LogP contribution is -1.98. The van der Waals surface area contributed by atoms with Crippen LogP contribution in [0.25, 0.3) is 11.0 Å². The maximum Gasteiger partial charge on any atom is 0.0931 e. The van der Waals surface area contributed by atoms with Crippen molar-refractivity contribution < 1.29 is 0 Å². The molecule has 1 heterocycles. The van der Waals surface area contributed by atoms with Gasteiger partial charge in [-0.1, -0.05) is 6.92 Å². The van der Waals surface area contributed by atoms with Crippen molar-refractivity contribution in [2.45, 2.75) is 13.3 Å². The number of H-pyrrole nitrogens is 1. The highest BCUT2D eigenvalue weighted by Gasteiger charge is 1.96. The number of rotatable bonds is 3. The summed E-state index contributed by atoms with van der Waals surface area (Å²) in [6.07, 6.45) is 2.86. The summed E-state index contributed by atoms with van der Waals surface area (Å²) >= 11 is 0. The fraction of sp³-hybridized carbons (Fsp3) is 0.300. The zero-order valence-electron chi connectivity index (χ0n) is 7.67. The minimum Gasteiger partial charge on any atom is -0.385 e. The summed E-state index contributed by atoms with van der Waals surface area (Å²) in [5.41, 5.74) is 3.25. The van der Waals surface area contributed by atoms with Crippen molar-refractivity contribution >= 4 is 16.7 Å². The number of benzene rings is 1. The van der Waals surface area contributed by atoms with Crippen LogP contribution in [0.3, 0.4) is 0 Å². The second-order valence-electron chi connectivity index (χ2n) is 3.06. The van der Waals surface area contributed by atoms with Gasteiger partial charge < -0.3 is 10.3 Å². The zero-order chi connectivity index (χ0) is 9.10. The number of nitrogens with one attached hydrogen (secondary N) is 2. The van der Waals surface area contributed by atoms with E-state index in [0.29, 0.717) is 0 Å². The molecule has 0 aliphatic rings. The minimum absolute atomic E-state index is 1.01. The van der Waals surface area contributed by atoms with Gasteiger partial charge in [-0.2, -0.15) is 0 Å². The van der Waals surface area contributed by atoms with Crippen molar-refractivity contribution in [1.29, 1.82) is 0 Å². The molecule has 0 saturated heterocycles. The van der Waals surface area contributed by atoms with Gasteiger partial charge in [-0.3, -0.25) is 0 Å². The molecule has 13 heavy (non-hydrogen) atoms. The van der Waals surface area contributed by atoms with Gasteiger partial charge in [0, 0.05) is 12.2 Å². The van der Waals surface area contributed by atoms with Gasteiger partial charge in [0.15, 0.2) is 0 Å². The average Bonchev–Trinajstić information content (AvgIpc) is 2.61. The first-order valence-corrected chi connectivity index (χ1v) is 4.57. The van der Waals surface area contributed by atoms with Gasteiger partial charge in [-0.05, 0) is 24.6 Å². The van der Waals surface area contributed by atoms with Gasteiger partial charge in [0.2, 0.25) is 0 Å². The van der Waals surface area contributed by atoms with Crippen LogP contribution in [0.1, 0.15) is 13.3 Å². The topological polar surface area (TPSA) is 40.7 Å². The molecule has 1 aromatic carbocycles. The van der Waals surface area contributed by atoms with Gasteiger partial charge in [-0.15, -0.1) is 0 Å². The molecular formula is C10H13N3. The van der Waals surface area contributed by atoms with E-state index >= 15 is 0 Å². The summed E-state index contributed by atoms with van der Waals surface area (Å²) in [5.74, 6) is 0. The molecule has 0 fully saturated rings. The average molecular weight is 175 g/mol. The fourth-order valence-corrected chi connectivity index (χ4v) is 1.31. The molecule has 0 atom stereocenters. The van der Waals surface area contributed by atoms with Crippen LogP contribution < -0.4 is 5.32 Å². The smallest absolute Gasteiger partial charge is 0.0931 e. The van der Waals surface area contributed by atoms with Crippen LogP contribution in [0.5, 0.6) is 0 Å². The Morgan fingerprint density at radius 3 is 3.23 bits per heavy atom. The SMILES string of the molecule is CCCNc1ccc2nc[nH]c2c1. The lowest BCUT2D eigenvalue weighted by molar-refractivity contribution is 0.980. The predicted octanol–water partition coefficient (Wildman–Crippen LogP) is 2.38. The predicted molar refractivity (Wildman–Crippen MR) is 54.9 cm³/mol. The Labute approximate surface area is 77.2 Å². The highest BCUT2D eigenvalue weighted by molar-refractivity contribution is 5.78. The molecule has 0 unspecified atom stereocenters. The van der Waals surface area contributed by atoms with E-state index < -0.39 is 0 Å². The largest absolute Gasteiger partial charge is 0.385 e. The molecule has 0 saturated carbocycles. The monoisotopic (exact) mass is 175 g/mol. The van der Waals surface area contributed by atoms with E-state index in [-0.39, 0.29) is 0 Å². The fourth-order valence-electron chi connectivity index (χ4n) is 1.31. The van der Waals surface area contributed by atoms with Gasteiger partial charge in [0.1, 0.15) is 0 Å². The molecule has 68 valence electrons. The first kappa shape index (κ1) is 8.10. The number of hydrogen-bond donors (Lipinski definition) is 2. The lowest BCUT2D eigenvalue weighted by atomic mass is 10.2. The van der Waals surface area contributed by atoms with Gasteiger partial charge in [-0.25, -0.2) is 4.98 Å². The second-order valence-corrected chi connectivity index (χ2v) is 3.06. The molecule has 0 aliphatic heterocycles. The summed E-state index contributed by atoms with van der Waals surface area (Å²) in [5, 5.41) is 3.33. The van der Waals surface area contributed by atoms with Crippen molar-refractivity contribution in [2.24, 2.45) is 0 Å². The summed E-state index contributed by atoms with van der Waals surface area (Å²) in [6.45, 7) is 3.17. The molecule has 0 radical (unpaired) electrons. The number of hydrogen-bond acceptors (Lipinski definition) is 2. The van der Waals surface area contributed by atoms with Gasteiger partial charge >= 0.3 is 0 Å². The number of nitrogens with zero attached hydrogens (tertiary/aromatic N) is 1. The summed E-state index contributed by atoms with van der Waals surface area (Å²) in [6, 6.07) is 6.15. The van der Waals surface area contributed by atoms with E-state index in [4.69, 9.17) is 0 Å². The van der Waals surface area contributed by atoms with Gasteiger partial charge in [0.25, 0.3) is 0 Å². The molecular weight excluding hydrogens is 162 g/mol. The molecule has 0 spiro atoms. The second kappa shape index (κ2) is 3.47. The third kappa shape index (κ3) is 1.64. The molecule has 3 nitrogen and oxygen atoms in total. The quantitative estimate of drug-likeness (QED) is 0.752. The van der Waals surface area contributed by atoms with Crippen LogP contribution in [0.4, 0.5) is 5.69 Å². The molecule has 0 bridgehead atoms. The normalized spacial score (nSPS) is 10.5. The number of fused-ring (bicyclic) bond motifs is 1. The van der Waals surface area contributed by atoms with Crippen LogP contribution in [-0.2, 0) is 0 Å². The zero-order valence-corrected chi connectivity index (χ0v) is 7.67. The van der Waals surface area contributed by atoms with E-state index in [1.807, 2.05) is 6.07 Å². The van der Waals surface area contributed by atoms with E-state index in [9.17, 15) is 0 Å². The standard InChI is InChI=1S/C10H13N3/c1-2-5-11-8-3-4-9-10(6-8)13-7-12-9/h3-4,6-7,11H,2,5H2,1H3,(H,12,13). The maximum atomic E-state index is 4.16. The van der Waals surface area contributed by atoms with Crippen molar-refractivity contribution in [1.82, 2.24) is 9.97 Å². The lowest BCUT2D eigenvalue weighted by Gasteiger charge is -2.03. The van der Waals surface area contributed by atoms with Crippen LogP contribution in [0.15, 0.2) is 24.5 Å². The number of aromatic amines is 1. The highest BCUT2D eigenvalue weighted by Crippen LogP contribution is 2.15. The molecule has 2 aromatic rings. The Hall–Kier alpha value is -1.51. The van der Waals surface area contributed by atoms with Crippen LogP contribution >= 0.6 is 0 Å². The van der Waals surface area contributed by atoms with Crippen LogP contribution in [0, 0.1) is 0 Å². The van der Waals surface area contributed by atoms with E-state index in [1.54, 1.807) is 6.33 Å². The Morgan fingerprint density at radius 2 is 2.38 bits per heavy atom. The summed E-state index contributed by atoms with van der Waals surface area (Å²) in [4.78, 5) is 7.24. The minimum atomic E-state index is 1.01. The molecule has 3 heteroatoms. The van der Waals surface area contributed by atoms with E-state index in [1.165, 1.54) is 0 Å². The first-order chi connectivity index (χ1) is 6.40. The summed E-state index contributed by atoms with van der Waals surface area (Å²) < 4.78 is 0. The number of imidazole rings is 1. The molecule has 2 rings (SSSR count). The van der Waals surface area contributed by atoms with Crippen molar-refractivity contribution in [3.8, 4) is 0 Å². The maximum absolute atomic E-state index is 4.16.